The zero-order valence-electron chi connectivity index (χ0n) is 34.9. The van der Waals surface area contributed by atoms with Gasteiger partial charge in [-0.15, -0.1) is 0 Å². The number of Topliss-reactive ketones (excluding diaryl/α,β-unsaturated/α-hetero) is 1. The third-order valence-corrected chi connectivity index (χ3v) is 11.1. The van der Waals surface area contributed by atoms with Gasteiger partial charge in [-0.3, -0.25) is 14.4 Å². The molecule has 1 amide bonds. The van der Waals surface area contributed by atoms with Gasteiger partial charge >= 0.3 is 11.8 Å². The predicted octanol–water partition coefficient (Wildman–Crippen LogP) is 6.29. The highest BCUT2D eigenvalue weighted by molar-refractivity contribution is 6.23. The van der Waals surface area contributed by atoms with Gasteiger partial charge in [-0.25, -0.2) is 0 Å². The maximum absolute atomic E-state index is 14.3. The lowest BCUT2D eigenvalue weighted by Crippen LogP contribution is -2.46. The number of aromatic hydroxyl groups is 3. The number of ketones is 1. The first-order valence-electron chi connectivity index (χ1n) is 19.6. The smallest absolute Gasteiger partial charge is 0.312 e. The summed E-state index contributed by atoms with van der Waals surface area (Å²) in [5, 5.41) is 64.0. The molecule has 2 aromatic carbocycles. The monoisotopic (exact) mass is 810 g/mol. The number of amides is 1. The van der Waals surface area contributed by atoms with Crippen LogP contribution in [-0.2, 0) is 28.6 Å². The van der Waals surface area contributed by atoms with E-state index < -0.39 is 88.8 Å². The molecule has 15 nitrogen and oxygen atoms in total. The van der Waals surface area contributed by atoms with Gasteiger partial charge in [0, 0.05) is 61.2 Å². The van der Waals surface area contributed by atoms with Gasteiger partial charge in [-0.2, -0.15) is 0 Å². The number of methoxy groups -OCH3 is 1. The van der Waals surface area contributed by atoms with Gasteiger partial charge in [-0.05, 0) is 26.3 Å². The summed E-state index contributed by atoms with van der Waals surface area (Å²) in [6, 6.07) is 0. The number of fused-ring (bicyclic) bond motifs is 14. The number of phenolic OH excluding ortho intramolecular Hbond substituents is 3. The molecule has 318 valence electrons. The van der Waals surface area contributed by atoms with E-state index in [0.29, 0.717) is 6.42 Å². The Hall–Kier alpha value is -5.12. The number of rotatable bonds is 8. The number of aliphatic hydroxyl groups is 2. The van der Waals surface area contributed by atoms with Crippen molar-refractivity contribution in [2.24, 2.45) is 28.8 Å². The zero-order valence-corrected chi connectivity index (χ0v) is 34.9. The number of carbonyl (C=O) groups excluding carboxylic acids is 3. The van der Waals surface area contributed by atoms with Crippen molar-refractivity contribution in [3.63, 3.8) is 0 Å². The van der Waals surface area contributed by atoms with E-state index >= 15 is 0 Å². The van der Waals surface area contributed by atoms with Gasteiger partial charge in [0.25, 0.3) is 11.7 Å². The van der Waals surface area contributed by atoms with Crippen LogP contribution in [0.25, 0.3) is 10.8 Å². The van der Waals surface area contributed by atoms with Crippen LogP contribution in [0.15, 0.2) is 41.3 Å². The highest BCUT2D eigenvalue weighted by Gasteiger charge is 2.50. The normalized spacial score (nSPS) is 30.4. The molecule has 0 fully saturated rings. The number of benzene rings is 2. The molecule has 0 spiro atoms. The molecule has 3 aliphatic rings. The molecule has 9 unspecified atom stereocenters. The Labute approximate surface area is 338 Å². The first-order chi connectivity index (χ1) is 27.3. The Morgan fingerprint density at radius 1 is 0.966 bits per heavy atom. The van der Waals surface area contributed by atoms with E-state index in [-0.39, 0.29) is 51.1 Å². The standard InChI is InChI=1S/C43H58N2O13/c1-11-12-13-18-56-44-20-28-33-38(51)31-30(37(28)50)32-40(26(7)36(31)49)58-43(9,41(32)52)55-19-17-29(54-10)23(4)39(57-27(8)46)25(6)35(48)24(5)34(47)21(2)15-14-16-22(3)42(53)45-33/h14-17,19-21,23-25,29,34-35,39,47-51H,11-13,18H2,1-10H3,(H,45,53)/b15-14-,19-17-,22-16-,44-20+. The summed E-state index contributed by atoms with van der Waals surface area (Å²) in [5.74, 6) is -8.57. The highest BCUT2D eigenvalue weighted by atomic mass is 16.7. The van der Waals surface area contributed by atoms with Gasteiger partial charge < -0.3 is 54.6 Å². The number of carbonyl (C=O) groups is 3. The fraction of sp³-hybridized carbons (Fsp3) is 0.535. The Morgan fingerprint density at radius 2 is 1.66 bits per heavy atom. The molecule has 0 aromatic heterocycles. The minimum absolute atomic E-state index is 0.0391. The summed E-state index contributed by atoms with van der Waals surface area (Å²) in [6.07, 6.45) is 7.10. The average Bonchev–Trinajstić information content (AvgIpc) is 3.45. The van der Waals surface area contributed by atoms with Crippen LogP contribution in [0.3, 0.4) is 0 Å². The van der Waals surface area contributed by atoms with Crippen molar-refractivity contribution >= 4 is 40.3 Å². The lowest BCUT2D eigenvalue weighted by atomic mass is 9.78. The zero-order chi connectivity index (χ0) is 43.2. The maximum Gasteiger partial charge on any atom is 0.312 e. The van der Waals surface area contributed by atoms with Crippen LogP contribution in [0.2, 0.25) is 0 Å². The molecule has 5 bridgehead atoms. The molecule has 0 aliphatic carbocycles. The summed E-state index contributed by atoms with van der Waals surface area (Å²) in [4.78, 5) is 45.7. The number of allylic oxidation sites excluding steroid dienone is 2. The lowest BCUT2D eigenvalue weighted by Gasteiger charge is -2.38. The van der Waals surface area contributed by atoms with E-state index in [1.54, 1.807) is 39.8 Å². The van der Waals surface area contributed by atoms with Crippen molar-refractivity contribution in [1.82, 2.24) is 0 Å². The number of ether oxygens (including phenoxy) is 4. The molecule has 15 heteroatoms. The third kappa shape index (κ3) is 9.27. The highest BCUT2D eigenvalue weighted by Crippen LogP contribution is 2.55. The second kappa shape index (κ2) is 19.1. The van der Waals surface area contributed by atoms with Crippen LogP contribution in [-0.4, -0.2) is 93.3 Å². The number of nitrogens with one attached hydrogen (secondary N) is 1. The van der Waals surface area contributed by atoms with Crippen LogP contribution in [0.1, 0.15) is 96.1 Å². The molecule has 6 N–H and O–H groups in total. The summed E-state index contributed by atoms with van der Waals surface area (Å²) in [7, 11) is 1.43. The quantitative estimate of drug-likeness (QED) is 0.0431. The van der Waals surface area contributed by atoms with Crippen LogP contribution >= 0.6 is 0 Å². The van der Waals surface area contributed by atoms with Gasteiger partial charge in [0.05, 0.1) is 53.0 Å². The molecule has 58 heavy (non-hydrogen) atoms. The Kier molecular flexibility index (Phi) is 15.0. The molecule has 5 rings (SSSR count). The Bertz CT molecular complexity index is 1990. The second-order valence-corrected chi connectivity index (χ2v) is 15.4. The topological polar surface area (TPSA) is 223 Å². The average molecular weight is 811 g/mol. The number of anilines is 1. The van der Waals surface area contributed by atoms with Gasteiger partial charge in [0.15, 0.2) is 5.75 Å². The summed E-state index contributed by atoms with van der Waals surface area (Å²) in [5.41, 5.74) is -0.565. The first kappa shape index (κ1) is 45.6. The van der Waals surface area contributed by atoms with Gasteiger partial charge in [0.2, 0.25) is 0 Å². The van der Waals surface area contributed by atoms with Crippen molar-refractivity contribution in [2.45, 2.75) is 112 Å². The molecule has 3 aliphatic heterocycles. The number of aliphatic hydroxyl groups excluding tert-OH is 2. The SMILES string of the molecule is CCCCCO/N=C/c1c2c(O)c3c(O)c(C)c4c(c3c1O)C(=O)C(C)(O/C=C\C(OC)C(C)C(OC(C)=O)C(C)C(O)C(C)C(O)C(C)/C=C\C=C(\C)C(=O)N2)O4. The summed E-state index contributed by atoms with van der Waals surface area (Å²) < 4.78 is 23.5. The number of oxime groups is 1. The van der Waals surface area contributed by atoms with Gasteiger partial charge in [0.1, 0.15) is 30.0 Å². The molecule has 0 saturated carbocycles. The van der Waals surface area contributed by atoms with Crippen LogP contribution in [0.5, 0.6) is 23.0 Å². The number of hydrogen-bond acceptors (Lipinski definition) is 14. The van der Waals surface area contributed by atoms with Crippen molar-refractivity contribution in [3.05, 3.63) is 52.8 Å². The first-order valence-corrected chi connectivity index (χ1v) is 19.6. The fourth-order valence-corrected chi connectivity index (χ4v) is 7.43. The maximum atomic E-state index is 14.3. The number of esters is 1. The number of phenols is 3. The minimum atomic E-state index is -2.05. The second-order valence-electron chi connectivity index (χ2n) is 15.4. The minimum Gasteiger partial charge on any atom is -0.507 e. The van der Waals surface area contributed by atoms with Crippen molar-refractivity contribution in [1.29, 1.82) is 0 Å². The van der Waals surface area contributed by atoms with Crippen LogP contribution in [0, 0.1) is 30.6 Å². The molecular formula is C43H58N2O13. The van der Waals surface area contributed by atoms with Crippen molar-refractivity contribution in [2.75, 3.05) is 19.0 Å². The van der Waals surface area contributed by atoms with Crippen molar-refractivity contribution < 1.29 is 63.7 Å². The van der Waals surface area contributed by atoms with Crippen LogP contribution < -0.4 is 10.1 Å². The van der Waals surface area contributed by atoms with Crippen molar-refractivity contribution in [3.8, 4) is 23.0 Å². The van der Waals surface area contributed by atoms with E-state index in [2.05, 4.69) is 10.5 Å². The summed E-state index contributed by atoms with van der Waals surface area (Å²) >= 11 is 0. The van der Waals surface area contributed by atoms with E-state index in [4.69, 9.17) is 23.8 Å². The van der Waals surface area contributed by atoms with E-state index in [9.17, 15) is 39.9 Å². The molecule has 0 radical (unpaired) electrons. The molecule has 3 heterocycles. The summed E-state index contributed by atoms with van der Waals surface area (Å²) in [6.45, 7) is 14.7. The van der Waals surface area contributed by atoms with E-state index in [0.717, 1.165) is 19.1 Å². The van der Waals surface area contributed by atoms with E-state index in [1.165, 1.54) is 53.2 Å². The predicted molar refractivity (Wildman–Crippen MR) is 217 cm³/mol. The molecule has 2 aromatic rings. The number of unbranched alkanes of at least 4 members (excludes halogenated alkanes) is 2. The molecular weight excluding hydrogens is 752 g/mol. The third-order valence-electron chi connectivity index (χ3n) is 11.1. The molecule has 0 saturated heterocycles. The Morgan fingerprint density at radius 3 is 2.29 bits per heavy atom. The van der Waals surface area contributed by atoms with E-state index in [1.807, 2.05) is 6.92 Å². The van der Waals surface area contributed by atoms with Crippen LogP contribution in [0.4, 0.5) is 5.69 Å². The largest absolute Gasteiger partial charge is 0.507 e. The number of nitrogens with zero attached hydrogens (tertiary/aromatic N) is 1. The van der Waals surface area contributed by atoms with Gasteiger partial charge in [-0.1, -0.05) is 70.8 Å². The lowest BCUT2D eigenvalue weighted by molar-refractivity contribution is -0.160. The Balaban J connectivity index is 1.95. The fourth-order valence-electron chi connectivity index (χ4n) is 7.43. The number of hydrogen-bond donors (Lipinski definition) is 6. The molecule has 9 atom stereocenters.